The van der Waals surface area contributed by atoms with Gasteiger partial charge in [0.25, 0.3) is 0 Å². The Morgan fingerprint density at radius 2 is 2.33 bits per heavy atom. The molecule has 0 aliphatic carbocycles. The molecule has 3 N–H and O–H groups in total. The summed E-state index contributed by atoms with van der Waals surface area (Å²) in [7, 11) is 0. The largest absolute Gasteiger partial charge is 0.388 e. The molecule has 0 aliphatic heterocycles. The van der Waals surface area contributed by atoms with Crippen molar-refractivity contribution in [1.29, 1.82) is 0 Å². The summed E-state index contributed by atoms with van der Waals surface area (Å²) in [5, 5.41) is 9.56. The molecule has 0 bridgehead atoms. The van der Waals surface area contributed by atoms with Crippen molar-refractivity contribution in [2.24, 2.45) is 5.73 Å². The van der Waals surface area contributed by atoms with Crippen molar-refractivity contribution in [2.75, 3.05) is 6.54 Å². The Morgan fingerprint density at radius 1 is 1.58 bits per heavy atom. The number of rotatable bonds is 4. The molecule has 1 aromatic rings. The molecule has 0 aromatic carbocycles. The van der Waals surface area contributed by atoms with E-state index in [2.05, 4.69) is 13.0 Å². The molecule has 0 radical (unpaired) electrons. The zero-order chi connectivity index (χ0) is 8.97. The van der Waals surface area contributed by atoms with Crippen LogP contribution in [0.4, 0.5) is 0 Å². The molecule has 0 aliphatic rings. The smallest absolute Gasteiger partial charge is 0.0894 e. The van der Waals surface area contributed by atoms with E-state index in [0.29, 0.717) is 13.0 Å². The van der Waals surface area contributed by atoms with E-state index in [1.165, 1.54) is 4.88 Å². The van der Waals surface area contributed by atoms with Gasteiger partial charge in [-0.3, -0.25) is 0 Å². The highest BCUT2D eigenvalue weighted by molar-refractivity contribution is 7.12. The lowest BCUT2D eigenvalue weighted by Crippen LogP contribution is -2.05. The number of hydrogen-bond donors (Lipinski definition) is 2. The van der Waals surface area contributed by atoms with Gasteiger partial charge < -0.3 is 10.8 Å². The first-order valence-electron chi connectivity index (χ1n) is 4.24. The fourth-order valence-corrected chi connectivity index (χ4v) is 2.04. The van der Waals surface area contributed by atoms with Gasteiger partial charge in [-0.15, -0.1) is 11.3 Å². The first kappa shape index (κ1) is 9.71. The van der Waals surface area contributed by atoms with Crippen molar-refractivity contribution in [3.63, 3.8) is 0 Å². The first-order valence-corrected chi connectivity index (χ1v) is 5.06. The van der Waals surface area contributed by atoms with Gasteiger partial charge in [0, 0.05) is 9.75 Å². The minimum atomic E-state index is -0.361. The Bertz CT molecular complexity index is 234. The Hall–Kier alpha value is -0.380. The quantitative estimate of drug-likeness (QED) is 0.750. The van der Waals surface area contributed by atoms with Gasteiger partial charge in [0.2, 0.25) is 0 Å². The van der Waals surface area contributed by atoms with Gasteiger partial charge in [-0.05, 0) is 31.5 Å². The van der Waals surface area contributed by atoms with Crippen LogP contribution in [0, 0.1) is 0 Å². The number of hydrogen-bond acceptors (Lipinski definition) is 3. The number of aryl methyl sites for hydroxylation is 1. The van der Waals surface area contributed by atoms with E-state index in [-0.39, 0.29) is 6.10 Å². The van der Waals surface area contributed by atoms with Crippen molar-refractivity contribution >= 4 is 11.3 Å². The van der Waals surface area contributed by atoms with E-state index in [1.807, 2.05) is 6.07 Å². The second kappa shape index (κ2) is 4.60. The second-order valence-electron chi connectivity index (χ2n) is 2.75. The number of nitrogens with two attached hydrogens (primary N) is 1. The fraction of sp³-hybridized carbons (Fsp3) is 0.556. The van der Waals surface area contributed by atoms with Gasteiger partial charge in [-0.2, -0.15) is 0 Å². The average Bonchev–Trinajstić information content (AvgIpc) is 2.52. The van der Waals surface area contributed by atoms with Gasteiger partial charge in [0.05, 0.1) is 6.10 Å². The molecular formula is C9H15NOS. The highest BCUT2D eigenvalue weighted by atomic mass is 32.1. The highest BCUT2D eigenvalue weighted by Crippen LogP contribution is 2.25. The number of thiophene rings is 1. The minimum absolute atomic E-state index is 0.361. The Balaban J connectivity index is 2.61. The summed E-state index contributed by atoms with van der Waals surface area (Å²) in [6.45, 7) is 2.66. The summed E-state index contributed by atoms with van der Waals surface area (Å²) < 4.78 is 0. The van der Waals surface area contributed by atoms with Crippen molar-refractivity contribution in [1.82, 2.24) is 0 Å². The number of aliphatic hydroxyl groups is 1. The Labute approximate surface area is 77.0 Å². The average molecular weight is 185 g/mol. The maximum Gasteiger partial charge on any atom is 0.0894 e. The third-order valence-electron chi connectivity index (χ3n) is 1.80. The molecule has 1 rings (SSSR count). The molecule has 0 saturated heterocycles. The molecule has 3 heteroatoms. The van der Waals surface area contributed by atoms with Crippen LogP contribution in [0.2, 0.25) is 0 Å². The van der Waals surface area contributed by atoms with Gasteiger partial charge in [0.1, 0.15) is 0 Å². The maximum absolute atomic E-state index is 9.56. The van der Waals surface area contributed by atoms with Crippen LogP contribution in [0.15, 0.2) is 12.1 Å². The molecule has 68 valence electrons. The summed E-state index contributed by atoms with van der Waals surface area (Å²) in [6.07, 6.45) is 1.34. The predicted molar refractivity (Wildman–Crippen MR) is 52.3 cm³/mol. The van der Waals surface area contributed by atoms with Crippen LogP contribution in [-0.4, -0.2) is 11.7 Å². The van der Waals surface area contributed by atoms with Crippen molar-refractivity contribution in [3.8, 4) is 0 Å². The normalized spacial score (nSPS) is 13.2. The van der Waals surface area contributed by atoms with Crippen LogP contribution in [0.3, 0.4) is 0 Å². The second-order valence-corrected chi connectivity index (χ2v) is 3.95. The lowest BCUT2D eigenvalue weighted by Gasteiger charge is -2.04. The van der Waals surface area contributed by atoms with Gasteiger partial charge >= 0.3 is 0 Å². The van der Waals surface area contributed by atoms with E-state index in [0.717, 1.165) is 11.3 Å². The molecule has 12 heavy (non-hydrogen) atoms. The van der Waals surface area contributed by atoms with Crippen molar-refractivity contribution in [3.05, 3.63) is 21.9 Å². The molecule has 0 fully saturated rings. The molecule has 1 heterocycles. The van der Waals surface area contributed by atoms with Gasteiger partial charge in [-0.25, -0.2) is 0 Å². The summed E-state index contributed by atoms with van der Waals surface area (Å²) in [4.78, 5) is 2.36. The molecule has 1 aromatic heterocycles. The van der Waals surface area contributed by atoms with E-state index in [9.17, 15) is 5.11 Å². The lowest BCUT2D eigenvalue weighted by molar-refractivity contribution is 0.174. The first-order chi connectivity index (χ1) is 5.77. The maximum atomic E-state index is 9.56. The van der Waals surface area contributed by atoms with E-state index in [4.69, 9.17) is 5.73 Å². The summed E-state index contributed by atoms with van der Waals surface area (Å²) in [6, 6.07) is 4.06. The standard InChI is InChI=1S/C9H15NOS/c1-2-7-3-4-9(12-7)8(11)5-6-10/h3-4,8,11H,2,5-6,10H2,1H3. The van der Waals surface area contributed by atoms with Crippen molar-refractivity contribution < 1.29 is 5.11 Å². The van der Waals surface area contributed by atoms with Gasteiger partial charge in [-0.1, -0.05) is 6.92 Å². The topological polar surface area (TPSA) is 46.2 Å². The van der Waals surface area contributed by atoms with Crippen LogP contribution in [0.1, 0.15) is 29.2 Å². The number of aliphatic hydroxyl groups excluding tert-OH is 1. The molecular weight excluding hydrogens is 170 g/mol. The third-order valence-corrected chi connectivity index (χ3v) is 3.13. The molecule has 1 unspecified atom stereocenters. The van der Waals surface area contributed by atoms with Crippen LogP contribution >= 0.6 is 11.3 Å². The summed E-state index contributed by atoms with van der Waals surface area (Å²) in [5.74, 6) is 0. The predicted octanol–water partition coefficient (Wildman–Crippen LogP) is 1.69. The molecule has 0 amide bonds. The van der Waals surface area contributed by atoms with Crippen LogP contribution in [0.25, 0.3) is 0 Å². The summed E-state index contributed by atoms with van der Waals surface area (Å²) in [5.41, 5.74) is 5.35. The monoisotopic (exact) mass is 185 g/mol. The Kier molecular flexibility index (Phi) is 3.72. The molecule has 0 spiro atoms. The van der Waals surface area contributed by atoms with E-state index in [1.54, 1.807) is 11.3 Å². The van der Waals surface area contributed by atoms with Crippen LogP contribution in [0.5, 0.6) is 0 Å². The zero-order valence-corrected chi connectivity index (χ0v) is 8.10. The van der Waals surface area contributed by atoms with E-state index < -0.39 is 0 Å². The van der Waals surface area contributed by atoms with Gasteiger partial charge in [0.15, 0.2) is 0 Å². The SMILES string of the molecule is CCc1ccc(C(O)CCN)s1. The van der Waals surface area contributed by atoms with Crippen molar-refractivity contribution in [2.45, 2.75) is 25.9 Å². The van der Waals surface area contributed by atoms with E-state index >= 15 is 0 Å². The fourth-order valence-electron chi connectivity index (χ4n) is 1.06. The van der Waals surface area contributed by atoms with Crippen LogP contribution < -0.4 is 5.73 Å². The molecule has 1 atom stereocenters. The van der Waals surface area contributed by atoms with Crippen LogP contribution in [-0.2, 0) is 6.42 Å². The highest BCUT2D eigenvalue weighted by Gasteiger charge is 2.08. The lowest BCUT2D eigenvalue weighted by atomic mass is 10.2. The minimum Gasteiger partial charge on any atom is -0.388 e. The zero-order valence-electron chi connectivity index (χ0n) is 7.29. The summed E-state index contributed by atoms with van der Waals surface area (Å²) >= 11 is 1.68. The molecule has 2 nitrogen and oxygen atoms in total. The molecule has 0 saturated carbocycles. The third kappa shape index (κ3) is 2.30. The Morgan fingerprint density at radius 3 is 2.83 bits per heavy atom.